The lowest BCUT2D eigenvalue weighted by atomic mass is 10.0. The molecule has 0 unspecified atom stereocenters. The number of anilines is 2. The zero-order valence-corrected chi connectivity index (χ0v) is 19.7. The summed E-state index contributed by atoms with van der Waals surface area (Å²) >= 11 is 7.51. The Bertz CT molecular complexity index is 819. The van der Waals surface area contributed by atoms with Crippen LogP contribution in [0, 0.1) is 0 Å². The van der Waals surface area contributed by atoms with E-state index in [1.807, 2.05) is 18.2 Å². The Labute approximate surface area is 186 Å². The number of halogens is 2. The summed E-state index contributed by atoms with van der Waals surface area (Å²) < 4.78 is 2.24. The molecule has 0 aliphatic carbocycles. The quantitative estimate of drug-likeness (QED) is 0.305. The Morgan fingerprint density at radius 3 is 1.57 bits per heavy atom. The maximum Gasteiger partial charge on any atom is 0.0383 e. The summed E-state index contributed by atoms with van der Waals surface area (Å²) in [7, 11) is 0. The summed E-state index contributed by atoms with van der Waals surface area (Å²) in [6, 6.07) is 13.1. The van der Waals surface area contributed by atoms with Crippen LogP contribution in [0.3, 0.4) is 0 Å². The van der Waals surface area contributed by atoms with Crippen molar-refractivity contribution >= 4 is 43.2 Å². The maximum atomic E-state index is 3.85. The molecule has 0 spiro atoms. The molecule has 0 fully saturated rings. The van der Waals surface area contributed by atoms with Gasteiger partial charge in [0.2, 0.25) is 0 Å². The number of likely N-dealkylation sites (N-methyl/N-ethyl adjacent to an activating group) is 1. The van der Waals surface area contributed by atoms with Crippen molar-refractivity contribution in [1.29, 1.82) is 0 Å². The van der Waals surface area contributed by atoms with Crippen molar-refractivity contribution in [3.63, 3.8) is 0 Å². The molecule has 0 aliphatic rings. The predicted molar refractivity (Wildman–Crippen MR) is 132 cm³/mol. The van der Waals surface area contributed by atoms with Crippen molar-refractivity contribution < 1.29 is 0 Å². The van der Waals surface area contributed by atoms with Gasteiger partial charge in [0.05, 0.1) is 0 Å². The first-order valence-corrected chi connectivity index (χ1v) is 11.0. The van der Waals surface area contributed by atoms with Crippen molar-refractivity contribution in [3.8, 4) is 0 Å². The zero-order chi connectivity index (χ0) is 20.5. The molecule has 2 rings (SSSR count). The van der Waals surface area contributed by atoms with Crippen LogP contribution in [0.25, 0.3) is 0 Å². The summed E-state index contributed by atoms with van der Waals surface area (Å²) in [5.74, 6) is 0. The largest absolute Gasteiger partial charge is 0.368 e. The third-order valence-electron chi connectivity index (χ3n) is 4.61. The van der Waals surface area contributed by atoms with Crippen LogP contribution in [0.2, 0.25) is 0 Å². The fraction of sp³-hybridized carbons (Fsp3) is 0.250. The molecule has 2 nitrogen and oxygen atoms in total. The SMILES string of the molecule is C=CCN(CC)c1ccc(Cc2ccc(N(CC=C)CC=C)cc2Br)c(Br)c1. The average Bonchev–Trinajstić information content (AvgIpc) is 2.69. The zero-order valence-electron chi connectivity index (χ0n) is 16.5. The normalized spacial score (nSPS) is 10.4. The van der Waals surface area contributed by atoms with Crippen LogP contribution in [0.15, 0.2) is 83.3 Å². The Balaban J connectivity index is 2.22. The number of hydrogen-bond donors (Lipinski definition) is 0. The van der Waals surface area contributed by atoms with Gasteiger partial charge in [-0.3, -0.25) is 0 Å². The van der Waals surface area contributed by atoms with Crippen LogP contribution in [0.5, 0.6) is 0 Å². The van der Waals surface area contributed by atoms with Crippen molar-refractivity contribution in [1.82, 2.24) is 0 Å². The van der Waals surface area contributed by atoms with E-state index < -0.39 is 0 Å². The van der Waals surface area contributed by atoms with E-state index in [2.05, 4.69) is 105 Å². The number of rotatable bonds is 11. The van der Waals surface area contributed by atoms with Crippen molar-refractivity contribution in [2.75, 3.05) is 36.0 Å². The number of nitrogens with zero attached hydrogens (tertiary/aromatic N) is 2. The Kier molecular flexibility index (Phi) is 9.07. The summed E-state index contributed by atoms with van der Waals surface area (Å²) in [6.45, 7) is 17.1. The van der Waals surface area contributed by atoms with Crippen molar-refractivity contribution in [2.24, 2.45) is 0 Å². The minimum atomic E-state index is 0.795. The fourth-order valence-electron chi connectivity index (χ4n) is 3.13. The average molecular weight is 504 g/mol. The van der Waals surface area contributed by atoms with E-state index in [9.17, 15) is 0 Å². The smallest absolute Gasteiger partial charge is 0.0383 e. The predicted octanol–water partition coefficient (Wildman–Crippen LogP) is 6.99. The van der Waals surface area contributed by atoms with Gasteiger partial charge in [0.25, 0.3) is 0 Å². The van der Waals surface area contributed by atoms with E-state index >= 15 is 0 Å². The molecule has 0 saturated heterocycles. The summed E-state index contributed by atoms with van der Waals surface area (Å²) in [5, 5.41) is 0. The van der Waals surface area contributed by atoms with Gasteiger partial charge in [-0.1, -0.05) is 62.2 Å². The molecule has 4 heteroatoms. The van der Waals surface area contributed by atoms with E-state index in [0.717, 1.165) is 47.2 Å². The summed E-state index contributed by atoms with van der Waals surface area (Å²) in [4.78, 5) is 4.53. The Morgan fingerprint density at radius 1 is 0.750 bits per heavy atom. The lowest BCUT2D eigenvalue weighted by molar-refractivity contribution is 0.905. The number of benzene rings is 2. The Hall–Kier alpha value is -1.78. The molecule has 0 aromatic heterocycles. The minimum Gasteiger partial charge on any atom is -0.368 e. The Morgan fingerprint density at radius 2 is 1.18 bits per heavy atom. The molecule has 2 aromatic rings. The third-order valence-corrected chi connectivity index (χ3v) is 6.09. The van der Waals surface area contributed by atoms with E-state index in [1.54, 1.807) is 0 Å². The maximum absolute atomic E-state index is 3.85. The highest BCUT2D eigenvalue weighted by atomic mass is 79.9. The van der Waals surface area contributed by atoms with E-state index in [4.69, 9.17) is 0 Å². The van der Waals surface area contributed by atoms with Crippen LogP contribution in [-0.2, 0) is 6.42 Å². The molecule has 28 heavy (non-hydrogen) atoms. The summed E-state index contributed by atoms with van der Waals surface area (Å²) in [6.07, 6.45) is 6.62. The first-order chi connectivity index (χ1) is 13.5. The minimum absolute atomic E-state index is 0.795. The second-order valence-corrected chi connectivity index (χ2v) is 8.25. The second kappa shape index (κ2) is 11.3. The van der Waals surface area contributed by atoms with E-state index in [0.29, 0.717) is 0 Å². The van der Waals surface area contributed by atoms with Gasteiger partial charge in [0, 0.05) is 46.5 Å². The molecular formula is C24H28Br2N2. The molecule has 2 aromatic carbocycles. The molecule has 0 saturated carbocycles. The van der Waals surface area contributed by atoms with Crippen molar-refractivity contribution in [2.45, 2.75) is 13.3 Å². The van der Waals surface area contributed by atoms with Gasteiger partial charge in [-0.25, -0.2) is 0 Å². The van der Waals surface area contributed by atoms with Gasteiger partial charge in [-0.15, -0.1) is 19.7 Å². The molecule has 0 radical (unpaired) electrons. The molecule has 0 N–H and O–H groups in total. The van der Waals surface area contributed by atoms with Crippen LogP contribution in [0.4, 0.5) is 11.4 Å². The third kappa shape index (κ3) is 5.86. The first kappa shape index (κ1) is 22.5. The highest BCUT2D eigenvalue weighted by molar-refractivity contribution is 9.10. The van der Waals surface area contributed by atoms with E-state index in [1.165, 1.54) is 16.8 Å². The monoisotopic (exact) mass is 502 g/mol. The van der Waals surface area contributed by atoms with Crippen LogP contribution >= 0.6 is 31.9 Å². The second-order valence-electron chi connectivity index (χ2n) is 6.54. The molecule has 148 valence electrons. The van der Waals surface area contributed by atoms with Gasteiger partial charge < -0.3 is 9.80 Å². The lowest BCUT2D eigenvalue weighted by Gasteiger charge is -2.23. The standard InChI is InChI=1S/C24H28Br2N2/c1-5-13-27(8-4)21-11-9-19(23(25)17-21)16-20-10-12-22(18-24(20)26)28(14-6-2)15-7-3/h5-7,9-12,17-18H,1-3,8,13-16H2,4H3. The van der Waals surface area contributed by atoms with E-state index in [-0.39, 0.29) is 0 Å². The van der Waals surface area contributed by atoms with Gasteiger partial charge in [0.15, 0.2) is 0 Å². The lowest BCUT2D eigenvalue weighted by Crippen LogP contribution is -2.23. The van der Waals surface area contributed by atoms with Crippen LogP contribution in [-0.4, -0.2) is 26.2 Å². The summed E-state index contributed by atoms with van der Waals surface area (Å²) in [5.41, 5.74) is 4.89. The molecule has 0 atom stereocenters. The van der Waals surface area contributed by atoms with Crippen LogP contribution < -0.4 is 9.80 Å². The molecular weight excluding hydrogens is 476 g/mol. The molecule has 0 heterocycles. The first-order valence-electron chi connectivity index (χ1n) is 9.43. The molecule has 0 aliphatic heterocycles. The highest BCUT2D eigenvalue weighted by Crippen LogP contribution is 2.30. The van der Waals surface area contributed by atoms with Crippen molar-refractivity contribution in [3.05, 3.63) is 94.4 Å². The van der Waals surface area contributed by atoms with Crippen LogP contribution in [0.1, 0.15) is 18.1 Å². The fourth-order valence-corrected chi connectivity index (χ4v) is 4.14. The molecule has 0 amide bonds. The molecule has 0 bridgehead atoms. The topological polar surface area (TPSA) is 6.48 Å². The highest BCUT2D eigenvalue weighted by Gasteiger charge is 2.11. The van der Waals surface area contributed by atoms with Gasteiger partial charge in [-0.05, 0) is 48.7 Å². The number of hydrogen-bond acceptors (Lipinski definition) is 2. The van der Waals surface area contributed by atoms with Gasteiger partial charge in [-0.2, -0.15) is 0 Å². The van der Waals surface area contributed by atoms with Gasteiger partial charge >= 0.3 is 0 Å². The van der Waals surface area contributed by atoms with Gasteiger partial charge in [0.1, 0.15) is 0 Å².